The zero-order valence-electron chi connectivity index (χ0n) is 15.1. The van der Waals surface area contributed by atoms with Crippen molar-refractivity contribution in [2.24, 2.45) is 7.05 Å². The van der Waals surface area contributed by atoms with E-state index in [0.29, 0.717) is 25.1 Å². The normalized spacial score (nSPS) is 21.0. The standard InChI is InChI=1S/C17H28N4O3/c1-5-13-12(2)15(20(4)19-13)16(23)21-10-6-8-17(24,11-21)9-7-14(22)18-3/h24H,5-11H2,1-4H3,(H,18,22)/t17-/m1/s1. The number of likely N-dealkylation sites (tertiary alicyclic amines) is 1. The van der Waals surface area contributed by atoms with Gasteiger partial charge in [-0.2, -0.15) is 5.10 Å². The molecule has 1 aromatic heterocycles. The number of β-amino-alcohol motifs (C(OH)–C–C–N with tert-alkyl or cyclic N) is 1. The fourth-order valence-corrected chi connectivity index (χ4v) is 3.43. The van der Waals surface area contributed by atoms with E-state index >= 15 is 0 Å². The molecule has 1 saturated heterocycles. The minimum atomic E-state index is -1.000. The molecule has 2 amide bonds. The molecule has 1 fully saturated rings. The third-order valence-electron chi connectivity index (χ3n) is 4.86. The first kappa shape index (κ1) is 18.4. The largest absolute Gasteiger partial charge is 0.388 e. The fourth-order valence-electron chi connectivity index (χ4n) is 3.43. The highest BCUT2D eigenvalue weighted by Crippen LogP contribution is 2.27. The Labute approximate surface area is 143 Å². The number of aliphatic hydroxyl groups is 1. The molecule has 1 aromatic rings. The maximum Gasteiger partial charge on any atom is 0.272 e. The fraction of sp³-hybridized carbons (Fsp3) is 0.706. The lowest BCUT2D eigenvalue weighted by molar-refractivity contribution is -0.122. The van der Waals surface area contributed by atoms with Crippen molar-refractivity contribution >= 4 is 11.8 Å². The average molecular weight is 336 g/mol. The first-order valence-electron chi connectivity index (χ1n) is 8.56. The molecular weight excluding hydrogens is 308 g/mol. The Morgan fingerprint density at radius 3 is 2.71 bits per heavy atom. The minimum Gasteiger partial charge on any atom is -0.388 e. The highest BCUT2D eigenvalue weighted by molar-refractivity contribution is 5.94. The van der Waals surface area contributed by atoms with Crippen LogP contribution in [0.25, 0.3) is 0 Å². The minimum absolute atomic E-state index is 0.0954. The monoisotopic (exact) mass is 336 g/mol. The molecule has 2 heterocycles. The molecule has 0 bridgehead atoms. The van der Waals surface area contributed by atoms with Crippen LogP contribution in [0.15, 0.2) is 0 Å². The van der Waals surface area contributed by atoms with Crippen LogP contribution in [0.3, 0.4) is 0 Å². The summed E-state index contributed by atoms with van der Waals surface area (Å²) in [6.45, 7) is 4.81. The molecule has 0 unspecified atom stereocenters. The van der Waals surface area contributed by atoms with Gasteiger partial charge in [0.1, 0.15) is 5.69 Å². The summed E-state index contributed by atoms with van der Waals surface area (Å²) in [5.74, 6) is -0.192. The first-order valence-corrected chi connectivity index (χ1v) is 8.56. The van der Waals surface area contributed by atoms with Crippen LogP contribution in [0.4, 0.5) is 0 Å². The van der Waals surface area contributed by atoms with Gasteiger partial charge in [-0.3, -0.25) is 14.3 Å². The third-order valence-corrected chi connectivity index (χ3v) is 4.86. The van der Waals surface area contributed by atoms with Gasteiger partial charge >= 0.3 is 0 Å². The zero-order valence-corrected chi connectivity index (χ0v) is 15.1. The highest BCUT2D eigenvalue weighted by Gasteiger charge is 2.36. The Balaban J connectivity index is 2.13. The molecule has 0 saturated carbocycles. The molecule has 0 radical (unpaired) electrons. The topological polar surface area (TPSA) is 87.5 Å². The van der Waals surface area contributed by atoms with Crippen molar-refractivity contribution in [1.82, 2.24) is 20.0 Å². The molecule has 134 valence electrons. The number of aryl methyl sites for hydroxylation is 2. The quantitative estimate of drug-likeness (QED) is 0.832. The second-order valence-electron chi connectivity index (χ2n) is 6.63. The van der Waals surface area contributed by atoms with Crippen molar-refractivity contribution in [3.63, 3.8) is 0 Å². The van der Waals surface area contributed by atoms with Crippen LogP contribution in [0.5, 0.6) is 0 Å². The average Bonchev–Trinajstić information content (AvgIpc) is 2.86. The smallest absolute Gasteiger partial charge is 0.272 e. The predicted molar refractivity (Wildman–Crippen MR) is 90.7 cm³/mol. The van der Waals surface area contributed by atoms with Crippen molar-refractivity contribution in [1.29, 1.82) is 0 Å². The maximum absolute atomic E-state index is 12.9. The van der Waals surface area contributed by atoms with Crippen molar-refractivity contribution in [2.45, 2.75) is 51.6 Å². The summed E-state index contributed by atoms with van der Waals surface area (Å²) >= 11 is 0. The molecule has 2 rings (SSSR count). The second-order valence-corrected chi connectivity index (χ2v) is 6.63. The Kier molecular flexibility index (Phi) is 5.64. The number of carbonyl (C=O) groups excluding carboxylic acids is 2. The van der Waals surface area contributed by atoms with Gasteiger partial charge in [-0.1, -0.05) is 6.92 Å². The van der Waals surface area contributed by atoms with E-state index in [1.54, 1.807) is 23.7 Å². The van der Waals surface area contributed by atoms with Gasteiger partial charge in [0.25, 0.3) is 5.91 Å². The molecule has 0 aromatic carbocycles. The predicted octanol–water partition coefficient (Wildman–Crippen LogP) is 0.784. The Morgan fingerprint density at radius 2 is 2.12 bits per heavy atom. The molecule has 1 aliphatic rings. The SMILES string of the molecule is CCc1nn(C)c(C(=O)N2CCC[C@@](O)(CCC(=O)NC)C2)c1C. The van der Waals surface area contributed by atoms with E-state index < -0.39 is 5.60 Å². The van der Waals surface area contributed by atoms with E-state index in [9.17, 15) is 14.7 Å². The van der Waals surface area contributed by atoms with Crippen LogP contribution < -0.4 is 5.32 Å². The van der Waals surface area contributed by atoms with Crippen LogP contribution in [0.1, 0.15) is 54.4 Å². The summed E-state index contributed by atoms with van der Waals surface area (Å²) in [5, 5.41) is 17.7. The molecule has 1 atom stereocenters. The van der Waals surface area contributed by atoms with E-state index in [4.69, 9.17) is 0 Å². The first-order chi connectivity index (χ1) is 11.3. The van der Waals surface area contributed by atoms with E-state index in [1.165, 1.54) is 0 Å². The number of amides is 2. The Morgan fingerprint density at radius 1 is 1.42 bits per heavy atom. The number of rotatable bonds is 5. The summed E-state index contributed by atoms with van der Waals surface area (Å²) < 4.78 is 1.63. The number of nitrogens with zero attached hydrogens (tertiary/aromatic N) is 3. The lowest BCUT2D eigenvalue weighted by Gasteiger charge is -2.39. The highest BCUT2D eigenvalue weighted by atomic mass is 16.3. The number of aromatic nitrogens is 2. The molecule has 24 heavy (non-hydrogen) atoms. The van der Waals surface area contributed by atoms with Crippen molar-refractivity contribution in [3.05, 3.63) is 17.0 Å². The summed E-state index contributed by atoms with van der Waals surface area (Å²) in [5.41, 5.74) is 1.42. The van der Waals surface area contributed by atoms with Gasteiger partial charge in [-0.05, 0) is 32.6 Å². The Hall–Kier alpha value is -1.89. The van der Waals surface area contributed by atoms with E-state index in [1.807, 2.05) is 13.8 Å². The van der Waals surface area contributed by atoms with Crippen LogP contribution in [-0.4, -0.2) is 57.3 Å². The molecule has 7 nitrogen and oxygen atoms in total. The zero-order chi connectivity index (χ0) is 17.9. The van der Waals surface area contributed by atoms with E-state index in [2.05, 4.69) is 10.4 Å². The van der Waals surface area contributed by atoms with Crippen LogP contribution in [0, 0.1) is 6.92 Å². The number of carbonyl (C=O) groups is 2. The van der Waals surface area contributed by atoms with Gasteiger partial charge < -0.3 is 15.3 Å². The van der Waals surface area contributed by atoms with Crippen LogP contribution >= 0.6 is 0 Å². The van der Waals surface area contributed by atoms with Crippen LogP contribution in [-0.2, 0) is 18.3 Å². The van der Waals surface area contributed by atoms with Gasteiger partial charge in [0.05, 0.1) is 11.3 Å². The van der Waals surface area contributed by atoms with Gasteiger partial charge in [0.2, 0.25) is 5.91 Å². The summed E-state index contributed by atoms with van der Waals surface area (Å²) in [7, 11) is 3.36. The molecule has 1 aliphatic heterocycles. The lowest BCUT2D eigenvalue weighted by atomic mass is 9.88. The summed E-state index contributed by atoms with van der Waals surface area (Å²) in [4.78, 5) is 26.1. The number of piperidine rings is 1. The van der Waals surface area contributed by atoms with E-state index in [0.717, 1.165) is 24.1 Å². The van der Waals surface area contributed by atoms with Crippen molar-refractivity contribution in [2.75, 3.05) is 20.1 Å². The van der Waals surface area contributed by atoms with Crippen molar-refractivity contribution < 1.29 is 14.7 Å². The Bertz CT molecular complexity index is 626. The lowest BCUT2D eigenvalue weighted by Crippen LogP contribution is -2.51. The summed E-state index contributed by atoms with van der Waals surface area (Å²) in [6.07, 6.45) is 2.75. The van der Waals surface area contributed by atoms with Gasteiger partial charge in [-0.25, -0.2) is 0 Å². The van der Waals surface area contributed by atoms with Gasteiger partial charge in [0.15, 0.2) is 0 Å². The molecule has 0 spiro atoms. The molecule has 2 N–H and O–H groups in total. The second kappa shape index (κ2) is 7.34. The molecule has 0 aliphatic carbocycles. The summed E-state index contributed by atoms with van der Waals surface area (Å²) in [6, 6.07) is 0. The number of hydrogen-bond acceptors (Lipinski definition) is 4. The molecule has 7 heteroatoms. The molecular formula is C17H28N4O3. The third kappa shape index (κ3) is 3.77. The van der Waals surface area contributed by atoms with Crippen molar-refractivity contribution in [3.8, 4) is 0 Å². The van der Waals surface area contributed by atoms with Gasteiger partial charge in [0, 0.05) is 39.2 Å². The van der Waals surface area contributed by atoms with Crippen LogP contribution in [0.2, 0.25) is 0 Å². The maximum atomic E-state index is 12.9. The number of hydrogen-bond donors (Lipinski definition) is 2. The number of nitrogens with one attached hydrogen (secondary N) is 1. The van der Waals surface area contributed by atoms with E-state index in [-0.39, 0.29) is 24.8 Å². The van der Waals surface area contributed by atoms with Gasteiger partial charge in [-0.15, -0.1) is 0 Å².